The summed E-state index contributed by atoms with van der Waals surface area (Å²) in [6, 6.07) is 14.6. The van der Waals surface area contributed by atoms with E-state index in [4.69, 9.17) is 23.5 Å². The summed E-state index contributed by atoms with van der Waals surface area (Å²) in [6.07, 6.45) is -0.714. The Morgan fingerprint density at radius 3 is 2.66 bits per heavy atom. The van der Waals surface area contributed by atoms with E-state index in [1.54, 1.807) is 18.2 Å². The van der Waals surface area contributed by atoms with Crippen LogP contribution in [0.1, 0.15) is 5.69 Å². The minimum atomic E-state index is -0.714. The highest BCUT2D eigenvalue weighted by Crippen LogP contribution is 2.35. The minimum Gasteiger partial charge on any atom is -0.486 e. The predicted molar refractivity (Wildman–Crippen MR) is 101 cm³/mol. The molecule has 3 aromatic rings. The van der Waals surface area contributed by atoms with Gasteiger partial charge in [0.15, 0.2) is 28.8 Å². The second-order valence-electron chi connectivity index (χ2n) is 6.62. The lowest BCUT2D eigenvalue weighted by molar-refractivity contribution is -0.130. The summed E-state index contributed by atoms with van der Waals surface area (Å²) in [5.74, 6) is 2.89. The standard InChI is InChI=1S/C21H18N2O6/c24-21(20-12-27-15-3-1-2-4-17(15)28-20)22-11-14-10-18(29-23-14)13-5-6-16-19(9-13)26-8-7-25-16/h1-6,9-10,20H,7-8,11-12H2,(H,22,24). The van der Waals surface area contributed by atoms with E-state index < -0.39 is 6.10 Å². The highest BCUT2D eigenvalue weighted by molar-refractivity contribution is 5.81. The normalized spacial score (nSPS) is 16.9. The first kappa shape index (κ1) is 17.4. The van der Waals surface area contributed by atoms with Crippen molar-refractivity contribution in [1.82, 2.24) is 10.5 Å². The number of fused-ring (bicyclic) bond motifs is 2. The molecule has 5 rings (SSSR count). The first-order chi connectivity index (χ1) is 14.3. The lowest BCUT2D eigenvalue weighted by Gasteiger charge is -2.25. The summed E-state index contributed by atoms with van der Waals surface area (Å²) in [4.78, 5) is 12.4. The fourth-order valence-electron chi connectivity index (χ4n) is 3.17. The number of nitrogens with zero attached hydrogens (tertiary/aromatic N) is 1. The highest BCUT2D eigenvalue weighted by atomic mass is 16.6. The quantitative estimate of drug-likeness (QED) is 0.727. The summed E-state index contributed by atoms with van der Waals surface area (Å²) in [5, 5.41) is 6.83. The molecule has 1 N–H and O–H groups in total. The van der Waals surface area contributed by atoms with Crippen LogP contribution in [0.4, 0.5) is 0 Å². The number of hydrogen-bond acceptors (Lipinski definition) is 7. The van der Waals surface area contributed by atoms with Gasteiger partial charge in [0.1, 0.15) is 25.5 Å². The smallest absolute Gasteiger partial charge is 0.265 e. The first-order valence-corrected chi connectivity index (χ1v) is 9.28. The van der Waals surface area contributed by atoms with Crippen LogP contribution in [0.3, 0.4) is 0 Å². The maximum absolute atomic E-state index is 12.4. The average molecular weight is 394 g/mol. The van der Waals surface area contributed by atoms with Crippen molar-refractivity contribution in [3.8, 4) is 34.3 Å². The lowest BCUT2D eigenvalue weighted by Crippen LogP contribution is -2.43. The van der Waals surface area contributed by atoms with Crippen LogP contribution in [-0.4, -0.2) is 37.0 Å². The summed E-state index contributed by atoms with van der Waals surface area (Å²) >= 11 is 0. The SMILES string of the molecule is O=C(NCc1cc(-c2ccc3c(c2)OCCO3)on1)C1COc2ccccc2O1. The van der Waals surface area contributed by atoms with Crippen LogP contribution < -0.4 is 24.3 Å². The molecule has 1 aromatic heterocycles. The maximum atomic E-state index is 12.4. The molecule has 0 saturated carbocycles. The van der Waals surface area contributed by atoms with Crippen LogP contribution >= 0.6 is 0 Å². The molecule has 0 spiro atoms. The number of rotatable bonds is 4. The van der Waals surface area contributed by atoms with Gasteiger partial charge in [0.05, 0.1) is 6.54 Å². The molecule has 0 saturated heterocycles. The van der Waals surface area contributed by atoms with Crippen molar-refractivity contribution in [2.75, 3.05) is 19.8 Å². The largest absolute Gasteiger partial charge is 0.486 e. The van der Waals surface area contributed by atoms with Crippen molar-refractivity contribution < 1.29 is 28.3 Å². The molecule has 1 unspecified atom stereocenters. The molecule has 2 aliphatic rings. The summed E-state index contributed by atoms with van der Waals surface area (Å²) in [7, 11) is 0. The van der Waals surface area contributed by atoms with E-state index in [-0.39, 0.29) is 19.1 Å². The van der Waals surface area contributed by atoms with Gasteiger partial charge in [-0.3, -0.25) is 4.79 Å². The van der Waals surface area contributed by atoms with Crippen molar-refractivity contribution in [2.24, 2.45) is 0 Å². The molecule has 1 atom stereocenters. The number of ether oxygens (including phenoxy) is 4. The molecule has 1 amide bonds. The minimum absolute atomic E-state index is 0.157. The Morgan fingerprint density at radius 2 is 1.76 bits per heavy atom. The van der Waals surface area contributed by atoms with Gasteiger partial charge in [-0.15, -0.1) is 0 Å². The van der Waals surface area contributed by atoms with E-state index >= 15 is 0 Å². The van der Waals surface area contributed by atoms with E-state index in [0.29, 0.717) is 47.7 Å². The van der Waals surface area contributed by atoms with Gasteiger partial charge in [0.25, 0.3) is 5.91 Å². The zero-order chi connectivity index (χ0) is 19.6. The topological polar surface area (TPSA) is 92.1 Å². The van der Waals surface area contributed by atoms with Gasteiger partial charge in [-0.2, -0.15) is 0 Å². The van der Waals surface area contributed by atoms with Crippen molar-refractivity contribution in [3.63, 3.8) is 0 Å². The van der Waals surface area contributed by atoms with E-state index in [0.717, 1.165) is 5.56 Å². The first-order valence-electron chi connectivity index (χ1n) is 9.28. The van der Waals surface area contributed by atoms with E-state index in [2.05, 4.69) is 10.5 Å². The van der Waals surface area contributed by atoms with Gasteiger partial charge in [0.2, 0.25) is 6.10 Å². The molecular weight excluding hydrogens is 376 g/mol. The van der Waals surface area contributed by atoms with Gasteiger partial charge in [0, 0.05) is 11.6 Å². The number of aromatic nitrogens is 1. The molecule has 148 valence electrons. The molecule has 8 heteroatoms. The Labute approximate surface area is 166 Å². The van der Waals surface area contributed by atoms with Crippen molar-refractivity contribution in [3.05, 3.63) is 54.2 Å². The molecular formula is C21H18N2O6. The number of carbonyl (C=O) groups excluding carboxylic acids is 1. The van der Waals surface area contributed by atoms with Gasteiger partial charge in [-0.05, 0) is 30.3 Å². The van der Waals surface area contributed by atoms with E-state index in [1.807, 2.05) is 30.3 Å². The third-order valence-electron chi connectivity index (χ3n) is 4.63. The van der Waals surface area contributed by atoms with Crippen LogP contribution in [0.15, 0.2) is 53.1 Å². The van der Waals surface area contributed by atoms with Gasteiger partial charge in [-0.25, -0.2) is 0 Å². The van der Waals surface area contributed by atoms with Gasteiger partial charge in [-0.1, -0.05) is 17.3 Å². The van der Waals surface area contributed by atoms with E-state index in [1.165, 1.54) is 0 Å². The molecule has 2 aromatic carbocycles. The van der Waals surface area contributed by atoms with Crippen LogP contribution in [0.2, 0.25) is 0 Å². The molecule has 8 nitrogen and oxygen atoms in total. The summed E-state index contributed by atoms with van der Waals surface area (Å²) in [5.41, 5.74) is 1.42. The summed E-state index contributed by atoms with van der Waals surface area (Å²) in [6.45, 7) is 1.43. The monoisotopic (exact) mass is 394 g/mol. The number of carbonyl (C=O) groups is 1. The fourth-order valence-corrected chi connectivity index (χ4v) is 3.17. The Morgan fingerprint density at radius 1 is 0.966 bits per heavy atom. The number of hydrogen-bond donors (Lipinski definition) is 1. The van der Waals surface area contributed by atoms with E-state index in [9.17, 15) is 4.79 Å². The fraction of sp³-hybridized carbons (Fsp3) is 0.238. The van der Waals surface area contributed by atoms with Crippen LogP contribution in [0.25, 0.3) is 11.3 Å². The van der Waals surface area contributed by atoms with Crippen molar-refractivity contribution in [2.45, 2.75) is 12.6 Å². The zero-order valence-electron chi connectivity index (χ0n) is 15.4. The molecule has 29 heavy (non-hydrogen) atoms. The Bertz CT molecular complexity index is 1050. The number of para-hydroxylation sites is 2. The Hall–Kier alpha value is -3.68. The molecule has 3 heterocycles. The third-order valence-corrected chi connectivity index (χ3v) is 4.63. The van der Waals surface area contributed by atoms with Crippen molar-refractivity contribution in [1.29, 1.82) is 0 Å². The van der Waals surface area contributed by atoms with Gasteiger partial charge < -0.3 is 28.8 Å². The molecule has 0 aliphatic carbocycles. The van der Waals surface area contributed by atoms with Crippen molar-refractivity contribution >= 4 is 5.91 Å². The van der Waals surface area contributed by atoms with Crippen LogP contribution in [0.5, 0.6) is 23.0 Å². The van der Waals surface area contributed by atoms with Crippen LogP contribution in [-0.2, 0) is 11.3 Å². The zero-order valence-corrected chi connectivity index (χ0v) is 15.4. The lowest BCUT2D eigenvalue weighted by atomic mass is 10.1. The summed E-state index contributed by atoms with van der Waals surface area (Å²) < 4.78 is 27.8. The highest BCUT2D eigenvalue weighted by Gasteiger charge is 2.27. The number of amides is 1. The molecule has 0 fully saturated rings. The number of nitrogens with one attached hydrogen (secondary N) is 1. The van der Waals surface area contributed by atoms with Crippen LogP contribution in [0, 0.1) is 0 Å². The third kappa shape index (κ3) is 3.56. The second kappa shape index (κ2) is 7.38. The predicted octanol–water partition coefficient (Wildman–Crippen LogP) is 2.57. The maximum Gasteiger partial charge on any atom is 0.265 e. The average Bonchev–Trinajstić information content (AvgIpc) is 3.26. The molecule has 0 radical (unpaired) electrons. The molecule has 0 bridgehead atoms. The van der Waals surface area contributed by atoms with Gasteiger partial charge >= 0.3 is 0 Å². The number of benzene rings is 2. The Balaban J connectivity index is 1.21. The second-order valence-corrected chi connectivity index (χ2v) is 6.62. The Kier molecular flexibility index (Phi) is 4.44. The molecule has 2 aliphatic heterocycles.